The highest BCUT2D eigenvalue weighted by atomic mass is 16.5. The van der Waals surface area contributed by atoms with Crippen LogP contribution in [0.15, 0.2) is 42.5 Å². The number of rotatable bonds is 6. The van der Waals surface area contributed by atoms with Gasteiger partial charge in [-0.25, -0.2) is 4.79 Å². The molecule has 0 aliphatic rings. The number of nitrogens with one attached hydrogen (secondary N) is 1. The average Bonchev–Trinajstić information content (AvgIpc) is 2.46. The van der Waals surface area contributed by atoms with Crippen molar-refractivity contribution in [2.45, 2.75) is 6.42 Å². The molecule has 0 spiro atoms. The number of nitrogen functional groups attached to an aromatic ring is 1. The fourth-order valence-corrected chi connectivity index (χ4v) is 2.06. The smallest absolute Gasteiger partial charge is 0.337 e. The average molecular weight is 286 g/mol. The summed E-state index contributed by atoms with van der Waals surface area (Å²) in [5.41, 5.74) is 8.93. The molecule has 0 radical (unpaired) electrons. The van der Waals surface area contributed by atoms with Gasteiger partial charge in [0.1, 0.15) is 0 Å². The van der Waals surface area contributed by atoms with Gasteiger partial charge in [0, 0.05) is 24.2 Å². The van der Waals surface area contributed by atoms with Crippen molar-refractivity contribution in [3.05, 3.63) is 53.6 Å². The Balaban J connectivity index is 2.22. The van der Waals surface area contributed by atoms with E-state index in [4.69, 9.17) is 15.6 Å². The molecule has 0 unspecified atom stereocenters. The van der Waals surface area contributed by atoms with E-state index in [9.17, 15) is 4.79 Å². The number of para-hydroxylation sites is 1. The largest absolute Gasteiger partial charge is 0.478 e. The Kier molecular flexibility index (Phi) is 4.79. The molecule has 110 valence electrons. The lowest BCUT2D eigenvalue weighted by atomic mass is 10.1. The number of anilines is 3. The molecule has 21 heavy (non-hydrogen) atoms. The Morgan fingerprint density at radius 2 is 2.05 bits per heavy atom. The van der Waals surface area contributed by atoms with Gasteiger partial charge in [0.2, 0.25) is 0 Å². The molecule has 2 aromatic carbocycles. The van der Waals surface area contributed by atoms with Crippen LogP contribution in [0.4, 0.5) is 17.1 Å². The van der Waals surface area contributed by atoms with Gasteiger partial charge in [0.05, 0.1) is 12.2 Å². The van der Waals surface area contributed by atoms with Crippen molar-refractivity contribution < 1.29 is 14.6 Å². The van der Waals surface area contributed by atoms with Crippen LogP contribution in [-0.2, 0) is 11.2 Å². The normalized spacial score (nSPS) is 10.3. The van der Waals surface area contributed by atoms with Crippen molar-refractivity contribution in [2.24, 2.45) is 0 Å². The summed E-state index contributed by atoms with van der Waals surface area (Å²) in [5.74, 6) is -1.03. The van der Waals surface area contributed by atoms with Crippen molar-refractivity contribution >= 4 is 23.0 Å². The molecule has 0 bridgehead atoms. The zero-order chi connectivity index (χ0) is 15.2. The lowest BCUT2D eigenvalue weighted by Crippen LogP contribution is -2.04. The summed E-state index contributed by atoms with van der Waals surface area (Å²) in [4.78, 5) is 10.9. The Morgan fingerprint density at radius 1 is 1.29 bits per heavy atom. The monoisotopic (exact) mass is 286 g/mol. The van der Waals surface area contributed by atoms with Gasteiger partial charge in [-0.1, -0.05) is 18.2 Å². The van der Waals surface area contributed by atoms with Crippen molar-refractivity contribution in [2.75, 3.05) is 24.8 Å². The van der Waals surface area contributed by atoms with Crippen molar-refractivity contribution in [3.63, 3.8) is 0 Å². The Morgan fingerprint density at radius 3 is 2.71 bits per heavy atom. The van der Waals surface area contributed by atoms with Crippen LogP contribution >= 0.6 is 0 Å². The van der Waals surface area contributed by atoms with E-state index in [0.29, 0.717) is 6.61 Å². The lowest BCUT2D eigenvalue weighted by molar-refractivity contribution is 0.0698. The van der Waals surface area contributed by atoms with Gasteiger partial charge in [0.25, 0.3) is 0 Å². The first-order chi connectivity index (χ1) is 10.1. The molecule has 4 N–H and O–H groups in total. The molecule has 2 rings (SSSR count). The summed E-state index contributed by atoms with van der Waals surface area (Å²) in [6.07, 6.45) is 0.794. The van der Waals surface area contributed by atoms with Crippen molar-refractivity contribution in [1.29, 1.82) is 0 Å². The predicted octanol–water partition coefficient (Wildman–Crippen LogP) is 2.90. The van der Waals surface area contributed by atoms with Gasteiger partial charge < -0.3 is 20.9 Å². The minimum Gasteiger partial charge on any atom is -0.478 e. The van der Waals surface area contributed by atoms with Crippen LogP contribution in [0.5, 0.6) is 0 Å². The predicted molar refractivity (Wildman–Crippen MR) is 83.1 cm³/mol. The number of hydrogen-bond acceptors (Lipinski definition) is 4. The number of benzene rings is 2. The third-order valence-electron chi connectivity index (χ3n) is 3.15. The summed E-state index contributed by atoms with van der Waals surface area (Å²) < 4.78 is 5.10. The Labute approximate surface area is 123 Å². The standard InChI is InChI=1S/C16H18N2O3/c1-21-9-8-11-4-2-3-5-15(11)18-12-6-7-13(16(19)20)14(17)10-12/h2-7,10,18H,8-9,17H2,1H3,(H,19,20). The van der Waals surface area contributed by atoms with Crippen LogP contribution in [0.3, 0.4) is 0 Å². The highest BCUT2D eigenvalue weighted by Gasteiger charge is 2.09. The molecule has 0 aliphatic heterocycles. The van der Waals surface area contributed by atoms with Gasteiger partial charge in [-0.05, 0) is 36.2 Å². The van der Waals surface area contributed by atoms with E-state index in [1.54, 1.807) is 19.2 Å². The first-order valence-corrected chi connectivity index (χ1v) is 6.58. The second-order valence-electron chi connectivity index (χ2n) is 4.63. The number of methoxy groups -OCH3 is 1. The van der Waals surface area contributed by atoms with E-state index >= 15 is 0 Å². The van der Waals surface area contributed by atoms with Crippen LogP contribution in [0, 0.1) is 0 Å². The maximum Gasteiger partial charge on any atom is 0.337 e. The van der Waals surface area contributed by atoms with Crippen LogP contribution in [0.25, 0.3) is 0 Å². The van der Waals surface area contributed by atoms with E-state index in [2.05, 4.69) is 5.32 Å². The summed E-state index contributed by atoms with van der Waals surface area (Å²) >= 11 is 0. The molecular weight excluding hydrogens is 268 g/mol. The Hall–Kier alpha value is -2.53. The molecule has 5 nitrogen and oxygen atoms in total. The molecule has 0 saturated carbocycles. The first kappa shape index (κ1) is 14.9. The summed E-state index contributed by atoms with van der Waals surface area (Å²) in [5, 5.41) is 12.2. The second-order valence-corrected chi connectivity index (χ2v) is 4.63. The first-order valence-electron chi connectivity index (χ1n) is 6.58. The van der Waals surface area contributed by atoms with Crippen LogP contribution in [0.2, 0.25) is 0 Å². The lowest BCUT2D eigenvalue weighted by Gasteiger charge is -2.13. The molecule has 0 fully saturated rings. The maximum atomic E-state index is 10.9. The molecule has 0 heterocycles. The van der Waals surface area contributed by atoms with Gasteiger partial charge >= 0.3 is 5.97 Å². The second kappa shape index (κ2) is 6.76. The van der Waals surface area contributed by atoms with Gasteiger partial charge in [-0.2, -0.15) is 0 Å². The molecule has 5 heteroatoms. The SMILES string of the molecule is COCCc1ccccc1Nc1ccc(C(=O)O)c(N)c1. The number of hydrogen-bond donors (Lipinski definition) is 3. The molecule has 0 amide bonds. The summed E-state index contributed by atoms with van der Waals surface area (Å²) in [6, 6.07) is 12.7. The minimum absolute atomic E-state index is 0.105. The Bertz CT molecular complexity index is 641. The molecule has 0 aromatic heterocycles. The molecular formula is C16H18N2O3. The molecule has 2 aromatic rings. The van der Waals surface area contributed by atoms with E-state index in [-0.39, 0.29) is 11.3 Å². The van der Waals surface area contributed by atoms with Crippen LogP contribution in [0.1, 0.15) is 15.9 Å². The van der Waals surface area contributed by atoms with Crippen molar-refractivity contribution in [3.8, 4) is 0 Å². The van der Waals surface area contributed by atoms with Gasteiger partial charge in [-0.15, -0.1) is 0 Å². The summed E-state index contributed by atoms with van der Waals surface area (Å²) in [6.45, 7) is 0.638. The quantitative estimate of drug-likeness (QED) is 0.711. The fraction of sp³-hybridized carbons (Fsp3) is 0.188. The zero-order valence-electron chi connectivity index (χ0n) is 11.8. The van der Waals surface area contributed by atoms with E-state index in [1.165, 1.54) is 6.07 Å². The van der Waals surface area contributed by atoms with E-state index < -0.39 is 5.97 Å². The van der Waals surface area contributed by atoms with Crippen LogP contribution < -0.4 is 11.1 Å². The number of ether oxygens (including phenoxy) is 1. The zero-order valence-corrected chi connectivity index (χ0v) is 11.8. The maximum absolute atomic E-state index is 10.9. The fourth-order valence-electron chi connectivity index (χ4n) is 2.06. The highest BCUT2D eigenvalue weighted by Crippen LogP contribution is 2.24. The van der Waals surface area contributed by atoms with Gasteiger partial charge in [-0.3, -0.25) is 0 Å². The molecule has 0 atom stereocenters. The third-order valence-corrected chi connectivity index (χ3v) is 3.15. The molecule has 0 saturated heterocycles. The topological polar surface area (TPSA) is 84.6 Å². The summed E-state index contributed by atoms with van der Waals surface area (Å²) in [7, 11) is 1.67. The number of nitrogens with two attached hydrogens (primary N) is 1. The van der Waals surface area contributed by atoms with Crippen molar-refractivity contribution in [1.82, 2.24) is 0 Å². The van der Waals surface area contributed by atoms with Gasteiger partial charge in [0.15, 0.2) is 0 Å². The third kappa shape index (κ3) is 3.73. The number of carbonyl (C=O) groups is 1. The van der Waals surface area contributed by atoms with E-state index in [1.807, 2.05) is 24.3 Å². The number of carboxylic acid groups (broad SMARTS) is 1. The highest BCUT2D eigenvalue weighted by molar-refractivity contribution is 5.94. The van der Waals surface area contributed by atoms with Crippen LogP contribution in [-0.4, -0.2) is 24.8 Å². The number of carboxylic acids is 1. The molecule has 0 aliphatic carbocycles. The number of aromatic carboxylic acids is 1. The van der Waals surface area contributed by atoms with E-state index in [0.717, 1.165) is 23.4 Å². The minimum atomic E-state index is -1.03.